The van der Waals surface area contributed by atoms with E-state index in [9.17, 15) is 4.79 Å². The summed E-state index contributed by atoms with van der Waals surface area (Å²) in [7, 11) is 0. The Hall–Kier alpha value is -0.360. The second kappa shape index (κ2) is 8.74. The maximum atomic E-state index is 12.2. The van der Waals surface area contributed by atoms with Crippen LogP contribution in [-0.4, -0.2) is 62.4 Å². The lowest BCUT2D eigenvalue weighted by atomic mass is 10.2. The highest BCUT2D eigenvalue weighted by Crippen LogP contribution is 2.16. The van der Waals surface area contributed by atoms with Gasteiger partial charge in [-0.25, -0.2) is 0 Å². The Balaban J connectivity index is 0.00000180. The third-order valence-electron chi connectivity index (χ3n) is 3.60. The minimum Gasteiger partial charge on any atom is -0.379 e. The number of nitrogens with one attached hydrogen (secondary N) is 1. The minimum atomic E-state index is 0. The largest absolute Gasteiger partial charge is 0.379 e. The highest BCUT2D eigenvalue weighted by Gasteiger charge is 2.32. The maximum Gasteiger partial charge on any atom is 0.239 e. The maximum absolute atomic E-state index is 12.2. The molecule has 2 atom stereocenters. The summed E-state index contributed by atoms with van der Waals surface area (Å²) in [4.78, 5) is 14.1. The fourth-order valence-electron chi connectivity index (χ4n) is 2.60. The third kappa shape index (κ3) is 4.91. The number of carbonyl (C=O) groups excluding carboxylic acids is 1. The van der Waals surface area contributed by atoms with Crippen molar-refractivity contribution in [1.82, 2.24) is 10.2 Å². The van der Waals surface area contributed by atoms with Gasteiger partial charge in [0.25, 0.3) is 0 Å². The number of halogens is 1. The van der Waals surface area contributed by atoms with Crippen molar-refractivity contribution in [2.75, 3.05) is 39.5 Å². The van der Waals surface area contributed by atoms with Gasteiger partial charge in [0.1, 0.15) is 0 Å². The Kier molecular flexibility index (Phi) is 7.68. The Labute approximate surface area is 121 Å². The van der Waals surface area contributed by atoms with Crippen molar-refractivity contribution in [3.05, 3.63) is 0 Å². The first kappa shape index (κ1) is 16.7. The quantitative estimate of drug-likeness (QED) is 0.736. The summed E-state index contributed by atoms with van der Waals surface area (Å²) < 4.78 is 10.9. The number of nitrogens with zero attached hydrogens (tertiary/aromatic N) is 1. The zero-order chi connectivity index (χ0) is 12.8. The normalized spacial score (nSPS) is 26.5. The lowest BCUT2D eigenvalue weighted by Gasteiger charge is -2.20. The molecule has 0 saturated carbocycles. The van der Waals surface area contributed by atoms with E-state index < -0.39 is 0 Å². The van der Waals surface area contributed by atoms with Gasteiger partial charge in [0.15, 0.2) is 0 Å². The van der Waals surface area contributed by atoms with Gasteiger partial charge in [-0.3, -0.25) is 4.79 Å². The molecule has 0 aromatic carbocycles. The first-order valence-corrected chi connectivity index (χ1v) is 7.02. The van der Waals surface area contributed by atoms with Crippen LogP contribution in [0.2, 0.25) is 0 Å². The SMILES string of the molecule is CCOCCO[C@H]1CCN(C(=O)C2CCCN2)C1.Cl. The van der Waals surface area contributed by atoms with Gasteiger partial charge in [-0.15, -0.1) is 12.4 Å². The van der Waals surface area contributed by atoms with Crippen LogP contribution in [0.4, 0.5) is 0 Å². The third-order valence-corrected chi connectivity index (χ3v) is 3.60. The van der Waals surface area contributed by atoms with Gasteiger partial charge in [0.2, 0.25) is 5.91 Å². The molecule has 2 aliphatic rings. The molecule has 2 aliphatic heterocycles. The van der Waals surface area contributed by atoms with Crippen LogP contribution >= 0.6 is 12.4 Å². The Morgan fingerprint density at radius 3 is 2.89 bits per heavy atom. The molecule has 19 heavy (non-hydrogen) atoms. The zero-order valence-electron chi connectivity index (χ0n) is 11.6. The van der Waals surface area contributed by atoms with E-state index in [1.165, 1.54) is 0 Å². The number of rotatable bonds is 6. The molecule has 0 radical (unpaired) electrons. The van der Waals surface area contributed by atoms with Crippen molar-refractivity contribution in [1.29, 1.82) is 0 Å². The summed E-state index contributed by atoms with van der Waals surface area (Å²) in [5.74, 6) is 0.253. The van der Waals surface area contributed by atoms with Crippen molar-refractivity contribution < 1.29 is 14.3 Å². The molecular weight excluding hydrogens is 268 g/mol. The molecule has 6 heteroatoms. The van der Waals surface area contributed by atoms with E-state index in [-0.39, 0.29) is 30.5 Å². The molecule has 1 unspecified atom stereocenters. The number of carbonyl (C=O) groups is 1. The van der Waals surface area contributed by atoms with E-state index >= 15 is 0 Å². The van der Waals surface area contributed by atoms with Crippen LogP contribution in [0.1, 0.15) is 26.2 Å². The molecule has 1 amide bonds. The molecular formula is C13H25ClN2O3. The van der Waals surface area contributed by atoms with Gasteiger partial charge in [0, 0.05) is 19.7 Å². The molecule has 0 aromatic rings. The van der Waals surface area contributed by atoms with Gasteiger partial charge in [0.05, 0.1) is 25.4 Å². The summed E-state index contributed by atoms with van der Waals surface area (Å²) >= 11 is 0. The van der Waals surface area contributed by atoms with E-state index in [0.29, 0.717) is 13.2 Å². The van der Waals surface area contributed by atoms with Gasteiger partial charge in [-0.1, -0.05) is 0 Å². The first-order chi connectivity index (χ1) is 8.81. The molecule has 2 saturated heterocycles. The number of hydrogen-bond donors (Lipinski definition) is 1. The van der Waals surface area contributed by atoms with Crippen LogP contribution in [0.25, 0.3) is 0 Å². The average molecular weight is 293 g/mol. The summed E-state index contributed by atoms with van der Waals surface area (Å²) in [6.45, 7) is 6.52. The predicted octanol–water partition coefficient (Wildman–Crippen LogP) is 0.814. The van der Waals surface area contributed by atoms with Crippen molar-refractivity contribution in [3.8, 4) is 0 Å². The molecule has 0 bridgehead atoms. The topological polar surface area (TPSA) is 50.8 Å². The molecule has 112 valence electrons. The van der Waals surface area contributed by atoms with E-state index in [0.717, 1.165) is 45.5 Å². The van der Waals surface area contributed by atoms with E-state index in [1.807, 2.05) is 11.8 Å². The molecule has 0 spiro atoms. The monoisotopic (exact) mass is 292 g/mol. The fourth-order valence-corrected chi connectivity index (χ4v) is 2.60. The van der Waals surface area contributed by atoms with Gasteiger partial charge in [-0.2, -0.15) is 0 Å². The smallest absolute Gasteiger partial charge is 0.239 e. The summed E-state index contributed by atoms with van der Waals surface area (Å²) in [5.41, 5.74) is 0. The second-order valence-corrected chi connectivity index (χ2v) is 4.91. The Morgan fingerprint density at radius 1 is 1.37 bits per heavy atom. The fraction of sp³-hybridized carbons (Fsp3) is 0.923. The number of ether oxygens (including phenoxy) is 2. The standard InChI is InChI=1S/C13H24N2O3.ClH/c1-2-17-8-9-18-11-5-7-15(10-11)13(16)12-4-3-6-14-12;/h11-12,14H,2-10H2,1H3;1H/t11-,12?;/m0./s1. The summed E-state index contributed by atoms with van der Waals surface area (Å²) in [6, 6.07) is 0.0483. The molecule has 1 N–H and O–H groups in total. The van der Waals surface area contributed by atoms with Gasteiger partial charge >= 0.3 is 0 Å². The zero-order valence-corrected chi connectivity index (χ0v) is 12.4. The van der Waals surface area contributed by atoms with Gasteiger partial charge in [-0.05, 0) is 32.7 Å². The molecule has 2 rings (SSSR count). The molecule has 0 aliphatic carbocycles. The Bertz CT molecular complexity index is 273. The van der Waals surface area contributed by atoms with Crippen LogP contribution in [0.15, 0.2) is 0 Å². The van der Waals surface area contributed by atoms with Crippen molar-refractivity contribution in [2.24, 2.45) is 0 Å². The molecule has 2 fully saturated rings. The summed E-state index contributed by atoms with van der Waals surface area (Å²) in [6.07, 6.45) is 3.23. The van der Waals surface area contributed by atoms with E-state index in [2.05, 4.69) is 5.32 Å². The van der Waals surface area contributed by atoms with E-state index in [4.69, 9.17) is 9.47 Å². The van der Waals surface area contributed by atoms with Crippen LogP contribution < -0.4 is 5.32 Å². The van der Waals surface area contributed by atoms with Crippen molar-refractivity contribution in [2.45, 2.75) is 38.3 Å². The molecule has 5 nitrogen and oxygen atoms in total. The highest BCUT2D eigenvalue weighted by molar-refractivity contribution is 5.85. The number of likely N-dealkylation sites (tertiary alicyclic amines) is 1. The Morgan fingerprint density at radius 2 is 2.21 bits per heavy atom. The van der Waals surface area contributed by atoms with Crippen LogP contribution in [0, 0.1) is 0 Å². The van der Waals surface area contributed by atoms with Crippen molar-refractivity contribution >= 4 is 18.3 Å². The van der Waals surface area contributed by atoms with Gasteiger partial charge < -0.3 is 19.7 Å². The average Bonchev–Trinajstić information content (AvgIpc) is 3.05. The number of amides is 1. The first-order valence-electron chi connectivity index (χ1n) is 7.02. The summed E-state index contributed by atoms with van der Waals surface area (Å²) in [5, 5.41) is 3.26. The van der Waals surface area contributed by atoms with E-state index in [1.54, 1.807) is 0 Å². The lowest BCUT2D eigenvalue weighted by Crippen LogP contribution is -2.42. The second-order valence-electron chi connectivity index (χ2n) is 4.91. The van der Waals surface area contributed by atoms with Crippen LogP contribution in [-0.2, 0) is 14.3 Å². The number of hydrogen-bond acceptors (Lipinski definition) is 4. The van der Waals surface area contributed by atoms with Crippen molar-refractivity contribution in [3.63, 3.8) is 0 Å². The lowest BCUT2D eigenvalue weighted by molar-refractivity contribution is -0.132. The van der Waals surface area contributed by atoms with Crippen LogP contribution in [0.5, 0.6) is 0 Å². The predicted molar refractivity (Wildman–Crippen MR) is 75.7 cm³/mol. The molecule has 0 aromatic heterocycles. The molecule has 2 heterocycles. The minimum absolute atomic E-state index is 0. The highest BCUT2D eigenvalue weighted by atomic mass is 35.5. The van der Waals surface area contributed by atoms with Crippen LogP contribution in [0.3, 0.4) is 0 Å².